The number of hydrogen-bond acceptors (Lipinski definition) is 2. The lowest BCUT2D eigenvalue weighted by atomic mass is 10.0. The normalized spacial score (nSPS) is 9.93. The molecule has 0 aliphatic carbocycles. The Labute approximate surface area is 85.8 Å². The summed E-state index contributed by atoms with van der Waals surface area (Å²) in [5.74, 6) is 0.567. The summed E-state index contributed by atoms with van der Waals surface area (Å²) in [6.07, 6.45) is 2.08. The predicted molar refractivity (Wildman–Crippen MR) is 57.6 cm³/mol. The highest BCUT2D eigenvalue weighted by Gasteiger charge is 2.00. The van der Waals surface area contributed by atoms with Crippen LogP contribution in [-0.4, -0.2) is 11.9 Å². The molecule has 0 bridgehead atoms. The molecule has 0 saturated heterocycles. The number of nitrogens with zero attached hydrogens (tertiary/aromatic N) is 2. The largest absolute Gasteiger partial charge is 0.309 e. The molecule has 0 heterocycles. The van der Waals surface area contributed by atoms with Gasteiger partial charge >= 0.3 is 0 Å². The summed E-state index contributed by atoms with van der Waals surface area (Å²) in [5, 5.41) is 8.61. The molecule has 0 aliphatic heterocycles. The van der Waals surface area contributed by atoms with E-state index in [1.165, 1.54) is 11.1 Å². The zero-order valence-corrected chi connectivity index (χ0v) is 8.99. The van der Waals surface area contributed by atoms with Gasteiger partial charge in [0.05, 0.1) is 6.54 Å². The van der Waals surface area contributed by atoms with E-state index in [4.69, 9.17) is 5.26 Å². The summed E-state index contributed by atoms with van der Waals surface area (Å²) in [4.78, 5) is 1.62. The Bertz CT molecular complexity index is 319. The average Bonchev–Trinajstić information content (AvgIpc) is 2.18. The van der Waals surface area contributed by atoms with Crippen molar-refractivity contribution in [3.63, 3.8) is 0 Å². The van der Waals surface area contributed by atoms with Crippen LogP contribution in [0.5, 0.6) is 0 Å². The van der Waals surface area contributed by atoms with E-state index in [1.807, 2.05) is 0 Å². The molecule has 0 aromatic heterocycles. The maximum absolute atomic E-state index is 8.61. The van der Waals surface area contributed by atoms with Gasteiger partial charge in [0.2, 0.25) is 0 Å². The third-order valence-corrected chi connectivity index (χ3v) is 2.24. The Morgan fingerprint density at radius 3 is 2.29 bits per heavy atom. The van der Waals surface area contributed by atoms with Crippen molar-refractivity contribution in [1.29, 1.82) is 5.26 Å². The topological polar surface area (TPSA) is 27.0 Å². The molecule has 0 atom stereocenters. The average molecular weight is 188 g/mol. The van der Waals surface area contributed by atoms with Gasteiger partial charge in [-0.3, -0.25) is 0 Å². The van der Waals surface area contributed by atoms with Gasteiger partial charge in [-0.25, -0.2) is 0 Å². The van der Waals surface area contributed by atoms with Crippen LogP contribution in [0.1, 0.15) is 30.9 Å². The first-order valence-corrected chi connectivity index (χ1v) is 4.83. The van der Waals surface area contributed by atoms with Gasteiger partial charge in [0.25, 0.3) is 0 Å². The van der Waals surface area contributed by atoms with E-state index < -0.39 is 0 Å². The summed E-state index contributed by atoms with van der Waals surface area (Å²) in [7, 11) is 1.79. The van der Waals surface area contributed by atoms with Crippen molar-refractivity contribution in [3.8, 4) is 6.19 Å². The van der Waals surface area contributed by atoms with Gasteiger partial charge in [0.15, 0.2) is 6.19 Å². The highest BCUT2D eigenvalue weighted by atomic mass is 15.1. The Morgan fingerprint density at radius 1 is 1.29 bits per heavy atom. The van der Waals surface area contributed by atoms with Crippen LogP contribution in [0.15, 0.2) is 24.3 Å². The van der Waals surface area contributed by atoms with E-state index in [0.717, 1.165) is 0 Å². The summed E-state index contributed by atoms with van der Waals surface area (Å²) in [5.41, 5.74) is 2.52. The van der Waals surface area contributed by atoms with E-state index in [1.54, 1.807) is 11.9 Å². The van der Waals surface area contributed by atoms with Crippen molar-refractivity contribution < 1.29 is 0 Å². The molecule has 0 amide bonds. The van der Waals surface area contributed by atoms with Crippen LogP contribution >= 0.6 is 0 Å². The van der Waals surface area contributed by atoms with Gasteiger partial charge in [0.1, 0.15) is 0 Å². The number of hydrogen-bond donors (Lipinski definition) is 0. The van der Waals surface area contributed by atoms with Crippen LogP contribution in [0.3, 0.4) is 0 Å². The highest BCUT2D eigenvalue weighted by Crippen LogP contribution is 2.15. The maximum Gasteiger partial charge on any atom is 0.179 e. The molecule has 1 aromatic carbocycles. The minimum Gasteiger partial charge on any atom is -0.309 e. The second-order valence-electron chi connectivity index (χ2n) is 3.85. The van der Waals surface area contributed by atoms with Crippen molar-refractivity contribution in [3.05, 3.63) is 35.4 Å². The van der Waals surface area contributed by atoms with Gasteiger partial charge in [0, 0.05) is 7.05 Å². The van der Waals surface area contributed by atoms with Crippen molar-refractivity contribution in [2.45, 2.75) is 26.3 Å². The molecule has 14 heavy (non-hydrogen) atoms. The van der Waals surface area contributed by atoms with E-state index in [0.29, 0.717) is 12.5 Å². The SMILES string of the molecule is CC(C)c1ccc(CN(C)C#N)cc1. The highest BCUT2D eigenvalue weighted by molar-refractivity contribution is 5.24. The molecular formula is C12H16N2. The quantitative estimate of drug-likeness (QED) is 0.538. The van der Waals surface area contributed by atoms with Crippen molar-refractivity contribution in [2.75, 3.05) is 7.05 Å². The lowest BCUT2D eigenvalue weighted by Crippen LogP contribution is -2.09. The van der Waals surface area contributed by atoms with Crippen LogP contribution < -0.4 is 0 Å². The molecule has 1 rings (SSSR count). The molecule has 0 aliphatic rings. The molecular weight excluding hydrogens is 172 g/mol. The van der Waals surface area contributed by atoms with E-state index in [-0.39, 0.29) is 0 Å². The molecule has 0 saturated carbocycles. The molecule has 0 radical (unpaired) electrons. The monoisotopic (exact) mass is 188 g/mol. The minimum atomic E-state index is 0.567. The van der Waals surface area contributed by atoms with E-state index >= 15 is 0 Å². The lowest BCUT2D eigenvalue weighted by Gasteiger charge is -2.10. The van der Waals surface area contributed by atoms with Crippen LogP contribution in [0.2, 0.25) is 0 Å². The fourth-order valence-corrected chi connectivity index (χ4v) is 1.32. The van der Waals surface area contributed by atoms with Crippen molar-refractivity contribution in [1.82, 2.24) is 4.90 Å². The minimum absolute atomic E-state index is 0.567. The molecule has 0 spiro atoms. The van der Waals surface area contributed by atoms with Gasteiger partial charge in [-0.2, -0.15) is 5.26 Å². The van der Waals surface area contributed by atoms with E-state index in [2.05, 4.69) is 44.3 Å². The Morgan fingerprint density at radius 2 is 1.86 bits per heavy atom. The second-order valence-corrected chi connectivity index (χ2v) is 3.85. The lowest BCUT2D eigenvalue weighted by molar-refractivity contribution is 0.469. The first-order valence-electron chi connectivity index (χ1n) is 4.83. The van der Waals surface area contributed by atoms with Gasteiger partial charge in [-0.05, 0) is 17.0 Å². The van der Waals surface area contributed by atoms with Gasteiger partial charge in [-0.15, -0.1) is 0 Å². The number of benzene rings is 1. The standard InChI is InChI=1S/C12H16N2/c1-10(2)12-6-4-11(5-7-12)8-14(3)9-13/h4-7,10H,8H2,1-3H3. The summed E-state index contributed by atoms with van der Waals surface area (Å²) >= 11 is 0. The van der Waals surface area contributed by atoms with Crippen LogP contribution in [-0.2, 0) is 6.54 Å². The Hall–Kier alpha value is -1.49. The number of rotatable bonds is 3. The Balaban J connectivity index is 2.70. The molecule has 2 nitrogen and oxygen atoms in total. The maximum atomic E-state index is 8.61. The van der Waals surface area contributed by atoms with E-state index in [9.17, 15) is 0 Å². The van der Waals surface area contributed by atoms with Gasteiger partial charge in [-0.1, -0.05) is 38.1 Å². The summed E-state index contributed by atoms with van der Waals surface area (Å²) in [6, 6.07) is 8.43. The first kappa shape index (κ1) is 10.6. The summed E-state index contributed by atoms with van der Waals surface area (Å²) < 4.78 is 0. The fraction of sp³-hybridized carbons (Fsp3) is 0.417. The third-order valence-electron chi connectivity index (χ3n) is 2.24. The first-order chi connectivity index (χ1) is 6.63. The van der Waals surface area contributed by atoms with Crippen LogP contribution in [0, 0.1) is 11.5 Å². The number of nitriles is 1. The second kappa shape index (κ2) is 4.66. The smallest absolute Gasteiger partial charge is 0.179 e. The van der Waals surface area contributed by atoms with Gasteiger partial charge < -0.3 is 4.90 Å². The Kier molecular flexibility index (Phi) is 3.53. The zero-order chi connectivity index (χ0) is 10.6. The molecule has 74 valence electrons. The van der Waals surface area contributed by atoms with Crippen LogP contribution in [0.4, 0.5) is 0 Å². The summed E-state index contributed by atoms with van der Waals surface area (Å²) in [6.45, 7) is 5.04. The van der Waals surface area contributed by atoms with Crippen molar-refractivity contribution in [2.24, 2.45) is 0 Å². The van der Waals surface area contributed by atoms with Crippen molar-refractivity contribution >= 4 is 0 Å². The van der Waals surface area contributed by atoms with Crippen LogP contribution in [0.25, 0.3) is 0 Å². The third kappa shape index (κ3) is 2.77. The molecule has 2 heteroatoms. The zero-order valence-electron chi connectivity index (χ0n) is 8.99. The molecule has 0 fully saturated rings. The molecule has 0 N–H and O–H groups in total. The molecule has 1 aromatic rings. The molecule has 0 unspecified atom stereocenters. The fourth-order valence-electron chi connectivity index (χ4n) is 1.32. The predicted octanol–water partition coefficient (Wildman–Crippen LogP) is 2.72.